The molecular weight excluding hydrogens is 649 g/mol. The summed E-state index contributed by atoms with van der Waals surface area (Å²) in [5.74, 6) is 39.6. The minimum atomic E-state index is 0.835. The molecular formula is C54H30. The highest BCUT2D eigenvalue weighted by atomic mass is 14.0. The van der Waals surface area contributed by atoms with Crippen molar-refractivity contribution in [3.05, 3.63) is 249 Å². The van der Waals surface area contributed by atoms with Crippen molar-refractivity contribution in [2.75, 3.05) is 0 Å². The standard InChI is InChI=1S/C54H30/c1-5-14-43(15-6-1)24-30-49-37-50(31-25-44-16-7-2-8-17-44)40-53(39-49)34-28-47-22-13-23-48(36-47)29-35-54-41-51(32-26-45-18-9-3-10-19-45)38-52(42-54)33-27-46-20-11-4-12-21-46/h1-23,36-42H. The normalized spacial score (nSPS) is 9.33. The molecule has 0 fully saturated rings. The molecule has 0 heterocycles. The highest BCUT2D eigenvalue weighted by Crippen LogP contribution is 2.13. The van der Waals surface area contributed by atoms with E-state index in [0.717, 1.165) is 66.8 Å². The highest BCUT2D eigenvalue weighted by Gasteiger charge is 2.00. The Balaban J connectivity index is 1.18. The zero-order valence-corrected chi connectivity index (χ0v) is 29.3. The summed E-state index contributed by atoms with van der Waals surface area (Å²) >= 11 is 0. The molecule has 246 valence electrons. The van der Waals surface area contributed by atoms with E-state index in [2.05, 4.69) is 71.0 Å². The second-order valence-electron chi connectivity index (χ2n) is 12.1. The molecule has 0 saturated carbocycles. The van der Waals surface area contributed by atoms with Gasteiger partial charge in [-0.1, -0.05) is 150 Å². The van der Waals surface area contributed by atoms with Gasteiger partial charge < -0.3 is 0 Å². The fourth-order valence-electron chi connectivity index (χ4n) is 5.31. The fraction of sp³-hybridized carbons (Fsp3) is 0. The summed E-state index contributed by atoms with van der Waals surface area (Å²) in [6.07, 6.45) is 0. The van der Waals surface area contributed by atoms with Gasteiger partial charge in [0.15, 0.2) is 0 Å². The molecule has 0 saturated heterocycles. The Morgan fingerprint density at radius 3 is 0.556 bits per heavy atom. The van der Waals surface area contributed by atoms with Crippen molar-refractivity contribution in [3.8, 4) is 71.0 Å². The Morgan fingerprint density at radius 1 is 0.148 bits per heavy atom. The van der Waals surface area contributed by atoms with Gasteiger partial charge in [-0.05, 0) is 103 Å². The van der Waals surface area contributed by atoms with Crippen LogP contribution in [-0.2, 0) is 0 Å². The third-order valence-electron chi connectivity index (χ3n) is 7.93. The van der Waals surface area contributed by atoms with Crippen LogP contribution < -0.4 is 0 Å². The van der Waals surface area contributed by atoms with Crippen molar-refractivity contribution in [1.29, 1.82) is 0 Å². The van der Waals surface area contributed by atoms with Gasteiger partial charge in [-0.3, -0.25) is 0 Å². The Hall–Kier alpha value is -8.10. The molecule has 0 aliphatic heterocycles. The maximum atomic E-state index is 3.34. The molecule has 0 N–H and O–H groups in total. The van der Waals surface area contributed by atoms with Gasteiger partial charge in [0.1, 0.15) is 0 Å². The molecule has 0 unspecified atom stereocenters. The highest BCUT2D eigenvalue weighted by molar-refractivity contribution is 5.58. The van der Waals surface area contributed by atoms with E-state index in [4.69, 9.17) is 0 Å². The van der Waals surface area contributed by atoms with E-state index in [1.165, 1.54) is 0 Å². The molecule has 0 radical (unpaired) electrons. The third-order valence-corrected chi connectivity index (χ3v) is 7.93. The first-order chi connectivity index (χ1) is 26.7. The van der Waals surface area contributed by atoms with E-state index in [1.807, 2.05) is 182 Å². The van der Waals surface area contributed by atoms with Gasteiger partial charge in [0.25, 0.3) is 0 Å². The molecule has 0 heteroatoms. The Kier molecular flexibility index (Phi) is 11.3. The van der Waals surface area contributed by atoms with E-state index in [-0.39, 0.29) is 0 Å². The lowest BCUT2D eigenvalue weighted by molar-refractivity contribution is 1.54. The van der Waals surface area contributed by atoms with Gasteiger partial charge in [0.05, 0.1) is 0 Å². The third kappa shape index (κ3) is 10.5. The zero-order chi connectivity index (χ0) is 36.6. The molecule has 54 heavy (non-hydrogen) atoms. The fourth-order valence-corrected chi connectivity index (χ4v) is 5.31. The Bertz CT molecular complexity index is 2460. The minimum Gasteiger partial charge on any atom is -0.0622 e. The molecule has 0 aliphatic rings. The van der Waals surface area contributed by atoms with Crippen molar-refractivity contribution in [3.63, 3.8) is 0 Å². The smallest absolute Gasteiger partial charge is 0.0273 e. The maximum Gasteiger partial charge on any atom is 0.0273 e. The van der Waals surface area contributed by atoms with Gasteiger partial charge in [0.2, 0.25) is 0 Å². The van der Waals surface area contributed by atoms with E-state index in [0.29, 0.717) is 0 Å². The maximum absolute atomic E-state index is 3.34. The average molecular weight is 679 g/mol. The van der Waals surface area contributed by atoms with Crippen molar-refractivity contribution in [2.45, 2.75) is 0 Å². The lowest BCUT2D eigenvalue weighted by Crippen LogP contribution is -1.86. The number of hydrogen-bond acceptors (Lipinski definition) is 0. The SMILES string of the molecule is C(#Cc1cc(C#Cc2ccccc2)cc(C#Cc2cccc(C#Cc3cc(C#Cc4ccccc4)cc(C#Cc4ccccc4)c3)c2)c1)c1ccccc1. The summed E-state index contributed by atoms with van der Waals surface area (Å²) < 4.78 is 0. The molecule has 0 aromatic heterocycles. The van der Waals surface area contributed by atoms with Crippen LogP contribution in [0.15, 0.2) is 182 Å². The molecule has 7 rings (SSSR count). The van der Waals surface area contributed by atoms with Gasteiger partial charge in [-0.2, -0.15) is 0 Å². The van der Waals surface area contributed by atoms with Crippen molar-refractivity contribution < 1.29 is 0 Å². The molecule has 0 aliphatic carbocycles. The predicted octanol–water partition coefficient (Wildman–Crippen LogP) is 10.1. The molecule has 0 nitrogen and oxygen atoms in total. The van der Waals surface area contributed by atoms with Crippen LogP contribution >= 0.6 is 0 Å². The first-order valence-electron chi connectivity index (χ1n) is 17.4. The monoisotopic (exact) mass is 678 g/mol. The van der Waals surface area contributed by atoms with Crippen LogP contribution in [-0.4, -0.2) is 0 Å². The van der Waals surface area contributed by atoms with Gasteiger partial charge >= 0.3 is 0 Å². The molecule has 0 amide bonds. The van der Waals surface area contributed by atoms with Crippen molar-refractivity contribution in [2.24, 2.45) is 0 Å². The van der Waals surface area contributed by atoms with Gasteiger partial charge in [0, 0.05) is 66.8 Å². The molecule has 0 atom stereocenters. The van der Waals surface area contributed by atoms with Gasteiger partial charge in [-0.25, -0.2) is 0 Å². The lowest BCUT2D eigenvalue weighted by atomic mass is 10.0. The quantitative estimate of drug-likeness (QED) is 0.140. The van der Waals surface area contributed by atoms with E-state index in [9.17, 15) is 0 Å². The summed E-state index contributed by atoms with van der Waals surface area (Å²) in [6, 6.07) is 59.8. The Labute approximate surface area is 318 Å². The lowest BCUT2D eigenvalue weighted by Gasteiger charge is -1.99. The summed E-state index contributed by atoms with van der Waals surface area (Å²) in [7, 11) is 0. The van der Waals surface area contributed by atoms with Crippen molar-refractivity contribution >= 4 is 0 Å². The van der Waals surface area contributed by atoms with Crippen LogP contribution in [0.25, 0.3) is 0 Å². The minimum absolute atomic E-state index is 0.835. The van der Waals surface area contributed by atoms with E-state index < -0.39 is 0 Å². The second kappa shape index (κ2) is 17.7. The largest absolute Gasteiger partial charge is 0.0622 e. The topological polar surface area (TPSA) is 0 Å². The summed E-state index contributed by atoms with van der Waals surface area (Å²) in [6.45, 7) is 0. The summed E-state index contributed by atoms with van der Waals surface area (Å²) in [5, 5.41) is 0. The van der Waals surface area contributed by atoms with Crippen LogP contribution in [0, 0.1) is 71.0 Å². The Morgan fingerprint density at radius 2 is 0.315 bits per heavy atom. The van der Waals surface area contributed by atoms with Crippen molar-refractivity contribution in [1.82, 2.24) is 0 Å². The number of benzene rings is 7. The first kappa shape index (κ1) is 34.4. The van der Waals surface area contributed by atoms with Crippen LogP contribution in [0.3, 0.4) is 0 Å². The second-order valence-corrected chi connectivity index (χ2v) is 12.1. The number of rotatable bonds is 0. The van der Waals surface area contributed by atoms with E-state index >= 15 is 0 Å². The van der Waals surface area contributed by atoms with E-state index in [1.54, 1.807) is 0 Å². The summed E-state index contributed by atoms with van der Waals surface area (Å²) in [4.78, 5) is 0. The molecule has 7 aromatic rings. The van der Waals surface area contributed by atoms with Crippen LogP contribution in [0.2, 0.25) is 0 Å². The molecule has 0 spiro atoms. The van der Waals surface area contributed by atoms with Crippen LogP contribution in [0.1, 0.15) is 66.8 Å². The summed E-state index contributed by atoms with van der Waals surface area (Å²) in [5.41, 5.74) is 10.6. The predicted molar refractivity (Wildman–Crippen MR) is 221 cm³/mol. The molecule has 7 aromatic carbocycles. The van der Waals surface area contributed by atoms with Crippen LogP contribution in [0.4, 0.5) is 0 Å². The average Bonchev–Trinajstić information content (AvgIpc) is 3.23. The molecule has 0 bridgehead atoms. The zero-order valence-electron chi connectivity index (χ0n) is 29.3. The van der Waals surface area contributed by atoms with Gasteiger partial charge in [-0.15, -0.1) is 0 Å². The number of hydrogen-bond donors (Lipinski definition) is 0. The van der Waals surface area contributed by atoms with Crippen LogP contribution in [0.5, 0.6) is 0 Å². The first-order valence-corrected chi connectivity index (χ1v) is 17.4.